The van der Waals surface area contributed by atoms with Gasteiger partial charge in [0.05, 0.1) is 33.4 Å². The first-order valence-electron chi connectivity index (χ1n) is 8.32. The van der Waals surface area contributed by atoms with Crippen molar-refractivity contribution in [1.29, 1.82) is 0 Å². The number of para-hydroxylation sites is 1. The molecule has 2 aromatic carbocycles. The van der Waals surface area contributed by atoms with Crippen LogP contribution in [0.1, 0.15) is 27.2 Å². The first kappa shape index (κ1) is 16.5. The highest BCUT2D eigenvalue weighted by molar-refractivity contribution is 7.22. The van der Waals surface area contributed by atoms with Gasteiger partial charge in [0.1, 0.15) is 0 Å². The third kappa shape index (κ3) is 2.88. The molecule has 26 heavy (non-hydrogen) atoms. The summed E-state index contributed by atoms with van der Waals surface area (Å²) in [5.74, 6) is -0.196. The molecule has 0 spiro atoms. The summed E-state index contributed by atoms with van der Waals surface area (Å²) in [5.41, 5.74) is 5.49. The zero-order valence-electron chi connectivity index (χ0n) is 14.8. The molecule has 0 unspecified atom stereocenters. The van der Waals surface area contributed by atoms with Gasteiger partial charge in [-0.25, -0.2) is 9.67 Å². The molecule has 0 saturated heterocycles. The maximum absolute atomic E-state index is 12.7. The number of nitrogens with one attached hydrogen (secondary N) is 1. The van der Waals surface area contributed by atoms with Crippen molar-refractivity contribution in [3.05, 3.63) is 71.0 Å². The Bertz CT molecular complexity index is 1130. The zero-order valence-corrected chi connectivity index (χ0v) is 15.6. The predicted molar refractivity (Wildman–Crippen MR) is 105 cm³/mol. The summed E-state index contributed by atoms with van der Waals surface area (Å²) in [4.78, 5) is 17.2. The van der Waals surface area contributed by atoms with Gasteiger partial charge in [0, 0.05) is 0 Å². The molecule has 2 heterocycles. The van der Waals surface area contributed by atoms with E-state index in [2.05, 4.69) is 21.5 Å². The molecular weight excluding hydrogens is 344 g/mol. The lowest BCUT2D eigenvalue weighted by Gasteiger charge is -2.08. The fourth-order valence-corrected chi connectivity index (χ4v) is 3.89. The second kappa shape index (κ2) is 6.38. The minimum atomic E-state index is -0.196. The van der Waals surface area contributed by atoms with Crippen LogP contribution in [0, 0.1) is 20.8 Å². The van der Waals surface area contributed by atoms with Gasteiger partial charge >= 0.3 is 0 Å². The summed E-state index contributed by atoms with van der Waals surface area (Å²) in [6, 6.07) is 14.0. The number of hydrogen-bond donors (Lipinski definition) is 1. The highest BCUT2D eigenvalue weighted by Gasteiger charge is 2.17. The van der Waals surface area contributed by atoms with E-state index < -0.39 is 0 Å². The van der Waals surface area contributed by atoms with Gasteiger partial charge in [0.15, 0.2) is 5.13 Å². The van der Waals surface area contributed by atoms with E-state index in [1.165, 1.54) is 16.9 Å². The highest BCUT2D eigenvalue weighted by Crippen LogP contribution is 2.27. The Morgan fingerprint density at radius 1 is 1.12 bits per heavy atom. The normalized spacial score (nSPS) is 11.0. The standard InChI is InChI=1S/C20H18N4OS/c1-12-8-9-16-18(10-12)26-20(22-16)23-19(25)15-11-21-24(14(15)3)17-7-5-4-6-13(17)2/h4-11H,1-3H3,(H,22,23,25). The van der Waals surface area contributed by atoms with Crippen LogP contribution in [0.25, 0.3) is 15.9 Å². The molecule has 0 aliphatic carbocycles. The van der Waals surface area contributed by atoms with Crippen molar-refractivity contribution in [3.8, 4) is 5.69 Å². The Labute approximate surface area is 155 Å². The van der Waals surface area contributed by atoms with Crippen LogP contribution in [0.3, 0.4) is 0 Å². The number of fused-ring (bicyclic) bond motifs is 1. The molecule has 4 rings (SSSR count). The fraction of sp³-hybridized carbons (Fsp3) is 0.150. The van der Waals surface area contributed by atoms with Crippen molar-refractivity contribution in [2.24, 2.45) is 0 Å². The van der Waals surface area contributed by atoms with Crippen LogP contribution in [0.2, 0.25) is 0 Å². The largest absolute Gasteiger partial charge is 0.298 e. The Balaban J connectivity index is 1.63. The van der Waals surface area contributed by atoms with Crippen LogP contribution >= 0.6 is 11.3 Å². The number of rotatable bonds is 3. The Morgan fingerprint density at radius 2 is 1.92 bits per heavy atom. The number of nitrogens with zero attached hydrogens (tertiary/aromatic N) is 3. The maximum atomic E-state index is 12.7. The van der Waals surface area contributed by atoms with Crippen LogP contribution in [-0.2, 0) is 0 Å². The highest BCUT2D eigenvalue weighted by atomic mass is 32.1. The van der Waals surface area contributed by atoms with Gasteiger partial charge in [-0.2, -0.15) is 5.10 Å². The van der Waals surface area contributed by atoms with Gasteiger partial charge in [-0.15, -0.1) is 0 Å². The first-order chi connectivity index (χ1) is 12.5. The number of aryl methyl sites for hydroxylation is 2. The Morgan fingerprint density at radius 3 is 2.73 bits per heavy atom. The second-order valence-corrected chi connectivity index (χ2v) is 7.32. The molecule has 6 heteroatoms. The average Bonchev–Trinajstić information content (AvgIpc) is 3.18. The molecule has 2 aromatic heterocycles. The van der Waals surface area contributed by atoms with Gasteiger partial charge in [-0.3, -0.25) is 10.1 Å². The zero-order chi connectivity index (χ0) is 18.3. The van der Waals surface area contributed by atoms with E-state index in [9.17, 15) is 4.79 Å². The van der Waals surface area contributed by atoms with Crippen molar-refractivity contribution in [1.82, 2.24) is 14.8 Å². The van der Waals surface area contributed by atoms with Crippen LogP contribution in [0.5, 0.6) is 0 Å². The van der Waals surface area contributed by atoms with Crippen molar-refractivity contribution < 1.29 is 4.79 Å². The minimum Gasteiger partial charge on any atom is -0.298 e. The number of carbonyl (C=O) groups is 1. The van der Waals surface area contributed by atoms with Crippen LogP contribution in [-0.4, -0.2) is 20.7 Å². The lowest BCUT2D eigenvalue weighted by Crippen LogP contribution is -2.13. The predicted octanol–water partition coefficient (Wildman–Crippen LogP) is 4.66. The number of benzene rings is 2. The number of aromatic nitrogens is 3. The molecular formula is C20H18N4OS. The first-order valence-corrected chi connectivity index (χ1v) is 9.14. The molecule has 0 radical (unpaired) electrons. The summed E-state index contributed by atoms with van der Waals surface area (Å²) >= 11 is 1.48. The molecule has 0 fully saturated rings. The quantitative estimate of drug-likeness (QED) is 0.577. The van der Waals surface area contributed by atoms with Crippen LogP contribution in [0.15, 0.2) is 48.7 Å². The smallest absolute Gasteiger partial charge is 0.260 e. The van der Waals surface area contributed by atoms with E-state index in [1.54, 1.807) is 10.9 Å². The molecule has 130 valence electrons. The number of anilines is 1. The van der Waals surface area contributed by atoms with E-state index in [4.69, 9.17) is 0 Å². The lowest BCUT2D eigenvalue weighted by atomic mass is 10.2. The number of hydrogen-bond acceptors (Lipinski definition) is 4. The minimum absolute atomic E-state index is 0.196. The van der Waals surface area contributed by atoms with Gasteiger partial charge in [0.2, 0.25) is 0 Å². The van der Waals surface area contributed by atoms with Crippen molar-refractivity contribution in [2.75, 3.05) is 5.32 Å². The summed E-state index contributed by atoms with van der Waals surface area (Å²) in [6.45, 7) is 5.97. The van der Waals surface area contributed by atoms with E-state index >= 15 is 0 Å². The fourth-order valence-electron chi connectivity index (χ4n) is 2.93. The van der Waals surface area contributed by atoms with E-state index in [-0.39, 0.29) is 5.91 Å². The molecule has 0 aliphatic rings. The molecule has 1 amide bonds. The van der Waals surface area contributed by atoms with Gasteiger partial charge in [-0.05, 0) is 50.1 Å². The molecule has 0 saturated carbocycles. The molecule has 0 bridgehead atoms. The summed E-state index contributed by atoms with van der Waals surface area (Å²) in [5, 5.41) is 7.90. The van der Waals surface area contributed by atoms with Crippen LogP contribution < -0.4 is 5.32 Å². The molecule has 5 nitrogen and oxygen atoms in total. The van der Waals surface area contributed by atoms with E-state index in [0.717, 1.165) is 27.2 Å². The molecule has 0 aliphatic heterocycles. The van der Waals surface area contributed by atoms with Crippen molar-refractivity contribution >= 4 is 32.6 Å². The Hall–Kier alpha value is -2.99. The summed E-state index contributed by atoms with van der Waals surface area (Å²) in [7, 11) is 0. The van der Waals surface area contributed by atoms with Crippen molar-refractivity contribution in [2.45, 2.75) is 20.8 Å². The molecule has 4 aromatic rings. The van der Waals surface area contributed by atoms with Gasteiger partial charge in [-0.1, -0.05) is 35.6 Å². The topological polar surface area (TPSA) is 59.8 Å². The number of thiazole rings is 1. The number of amides is 1. The third-order valence-electron chi connectivity index (χ3n) is 4.36. The van der Waals surface area contributed by atoms with Crippen LogP contribution in [0.4, 0.5) is 5.13 Å². The van der Waals surface area contributed by atoms with E-state index in [0.29, 0.717) is 10.7 Å². The number of carbonyl (C=O) groups excluding carboxylic acids is 1. The maximum Gasteiger partial charge on any atom is 0.260 e. The molecule has 1 N–H and O–H groups in total. The third-order valence-corrected chi connectivity index (χ3v) is 5.30. The monoisotopic (exact) mass is 362 g/mol. The lowest BCUT2D eigenvalue weighted by molar-refractivity contribution is 0.102. The summed E-state index contributed by atoms with van der Waals surface area (Å²) in [6.07, 6.45) is 1.61. The van der Waals surface area contributed by atoms with Gasteiger partial charge in [0.25, 0.3) is 5.91 Å². The van der Waals surface area contributed by atoms with Crippen molar-refractivity contribution in [3.63, 3.8) is 0 Å². The van der Waals surface area contributed by atoms with Gasteiger partial charge < -0.3 is 0 Å². The second-order valence-electron chi connectivity index (χ2n) is 6.29. The average molecular weight is 362 g/mol. The Kier molecular flexibility index (Phi) is 4.05. The summed E-state index contributed by atoms with van der Waals surface area (Å²) < 4.78 is 2.86. The SMILES string of the molecule is Cc1ccc2nc(NC(=O)c3cnn(-c4ccccc4C)c3C)sc2c1. The molecule has 0 atom stereocenters. The van der Waals surface area contributed by atoms with E-state index in [1.807, 2.05) is 57.2 Å².